The topological polar surface area (TPSA) is 12.0 Å². The average Bonchev–Trinajstić information content (AvgIpc) is 2.30. The lowest BCUT2D eigenvalue weighted by Gasteiger charge is -2.13. The predicted molar refractivity (Wildman–Crippen MR) is 74.1 cm³/mol. The highest BCUT2D eigenvalue weighted by atomic mass is 32.2. The molecule has 0 aromatic heterocycles. The minimum atomic E-state index is 0.437. The van der Waals surface area contributed by atoms with Crippen molar-refractivity contribution >= 4 is 11.8 Å². The molecule has 16 heavy (non-hydrogen) atoms. The van der Waals surface area contributed by atoms with Crippen LogP contribution in [0.1, 0.15) is 32.4 Å². The molecule has 0 aliphatic carbocycles. The van der Waals surface area contributed by atoms with Crippen molar-refractivity contribution in [1.29, 1.82) is 0 Å². The van der Waals surface area contributed by atoms with Crippen molar-refractivity contribution in [2.45, 2.75) is 31.7 Å². The zero-order valence-electron chi connectivity index (χ0n) is 10.4. The van der Waals surface area contributed by atoms with Crippen LogP contribution in [0.25, 0.3) is 0 Å². The summed E-state index contributed by atoms with van der Waals surface area (Å²) in [6, 6.07) is 9.22. The molecule has 0 aliphatic rings. The Balaban J connectivity index is 2.63. The predicted octanol–water partition coefficient (Wildman–Crippen LogP) is 4.03. The molecule has 1 atom stereocenters. The molecule has 88 valence electrons. The van der Waals surface area contributed by atoms with Gasteiger partial charge in [0.15, 0.2) is 0 Å². The lowest BCUT2D eigenvalue weighted by atomic mass is 10.1. The maximum atomic E-state index is 3.43. The minimum Gasteiger partial charge on any atom is -0.310 e. The Bertz CT molecular complexity index is 333. The van der Waals surface area contributed by atoms with Crippen LogP contribution < -0.4 is 5.32 Å². The van der Waals surface area contributed by atoms with E-state index in [0.717, 1.165) is 12.3 Å². The second-order valence-electron chi connectivity index (χ2n) is 3.73. The molecule has 0 saturated heterocycles. The van der Waals surface area contributed by atoms with E-state index in [4.69, 9.17) is 0 Å². The molecule has 1 nitrogen and oxygen atoms in total. The Kier molecular flexibility index (Phi) is 6.27. The van der Waals surface area contributed by atoms with Crippen molar-refractivity contribution in [1.82, 2.24) is 5.32 Å². The van der Waals surface area contributed by atoms with Gasteiger partial charge in [-0.3, -0.25) is 0 Å². The normalized spacial score (nSPS) is 13.2. The van der Waals surface area contributed by atoms with Gasteiger partial charge in [-0.1, -0.05) is 31.2 Å². The van der Waals surface area contributed by atoms with Gasteiger partial charge in [0.1, 0.15) is 0 Å². The fourth-order valence-electron chi connectivity index (χ4n) is 1.54. The van der Waals surface area contributed by atoms with Gasteiger partial charge >= 0.3 is 0 Å². The van der Waals surface area contributed by atoms with E-state index in [0.29, 0.717) is 6.04 Å². The van der Waals surface area contributed by atoms with Gasteiger partial charge in [-0.15, -0.1) is 11.8 Å². The van der Waals surface area contributed by atoms with Crippen LogP contribution in [-0.2, 0) is 0 Å². The van der Waals surface area contributed by atoms with Crippen LogP contribution in [0, 0.1) is 0 Å². The zero-order chi connectivity index (χ0) is 11.8. The summed E-state index contributed by atoms with van der Waals surface area (Å²) in [7, 11) is 0. The molecule has 0 bridgehead atoms. The zero-order valence-corrected chi connectivity index (χ0v) is 11.2. The van der Waals surface area contributed by atoms with Crippen LogP contribution in [0.5, 0.6) is 0 Å². The van der Waals surface area contributed by atoms with Crippen LogP contribution in [0.4, 0.5) is 0 Å². The van der Waals surface area contributed by atoms with Gasteiger partial charge in [-0.25, -0.2) is 0 Å². The SMILES string of the molecule is CC=CCSc1cccc(C(C)NCC)c1. The molecule has 1 aromatic carbocycles. The van der Waals surface area contributed by atoms with Crippen molar-refractivity contribution in [3.05, 3.63) is 42.0 Å². The number of rotatable bonds is 6. The second-order valence-corrected chi connectivity index (χ2v) is 4.83. The van der Waals surface area contributed by atoms with Crippen molar-refractivity contribution in [2.24, 2.45) is 0 Å². The molecule has 0 amide bonds. The van der Waals surface area contributed by atoms with Crippen molar-refractivity contribution in [2.75, 3.05) is 12.3 Å². The van der Waals surface area contributed by atoms with E-state index in [1.54, 1.807) is 0 Å². The minimum absolute atomic E-state index is 0.437. The van der Waals surface area contributed by atoms with Gasteiger partial charge in [0.25, 0.3) is 0 Å². The second kappa shape index (κ2) is 7.53. The Hall–Kier alpha value is -0.730. The summed E-state index contributed by atoms with van der Waals surface area (Å²) in [4.78, 5) is 1.35. The van der Waals surface area contributed by atoms with E-state index in [-0.39, 0.29) is 0 Å². The molecular weight excluding hydrogens is 214 g/mol. The Morgan fingerprint density at radius 3 is 2.94 bits per heavy atom. The van der Waals surface area contributed by atoms with Crippen LogP contribution >= 0.6 is 11.8 Å². The number of thioether (sulfide) groups is 1. The van der Waals surface area contributed by atoms with Gasteiger partial charge in [-0.05, 0) is 38.1 Å². The molecule has 0 aliphatic heterocycles. The van der Waals surface area contributed by atoms with E-state index in [1.165, 1.54) is 10.5 Å². The van der Waals surface area contributed by atoms with E-state index in [1.807, 2.05) is 11.8 Å². The van der Waals surface area contributed by atoms with E-state index < -0.39 is 0 Å². The third-order valence-electron chi connectivity index (χ3n) is 2.45. The molecule has 0 spiro atoms. The van der Waals surface area contributed by atoms with Crippen molar-refractivity contribution in [3.8, 4) is 0 Å². The molecular formula is C14H21NS. The van der Waals surface area contributed by atoms with Crippen LogP contribution in [0.3, 0.4) is 0 Å². The van der Waals surface area contributed by atoms with E-state index >= 15 is 0 Å². The number of hydrogen-bond acceptors (Lipinski definition) is 2. The van der Waals surface area contributed by atoms with Gasteiger partial charge in [-0.2, -0.15) is 0 Å². The average molecular weight is 235 g/mol. The standard InChI is InChI=1S/C14H21NS/c1-4-6-10-16-14-9-7-8-13(11-14)12(3)15-5-2/h4,6-9,11-12,15H,5,10H2,1-3H3. The Morgan fingerprint density at radius 1 is 1.44 bits per heavy atom. The third-order valence-corrected chi connectivity index (χ3v) is 3.40. The fourth-order valence-corrected chi connectivity index (χ4v) is 2.41. The summed E-state index contributed by atoms with van der Waals surface area (Å²) in [6.07, 6.45) is 4.28. The Labute approximate surface area is 103 Å². The number of hydrogen-bond donors (Lipinski definition) is 1. The summed E-state index contributed by atoms with van der Waals surface area (Å²) in [6.45, 7) is 7.42. The molecule has 0 radical (unpaired) electrons. The molecule has 1 N–H and O–H groups in total. The Morgan fingerprint density at radius 2 is 2.25 bits per heavy atom. The van der Waals surface area contributed by atoms with Gasteiger partial charge in [0.2, 0.25) is 0 Å². The highest BCUT2D eigenvalue weighted by molar-refractivity contribution is 7.99. The van der Waals surface area contributed by atoms with E-state index in [9.17, 15) is 0 Å². The number of benzene rings is 1. The highest BCUT2D eigenvalue weighted by Crippen LogP contribution is 2.22. The maximum absolute atomic E-state index is 3.43. The first kappa shape index (κ1) is 13.3. The smallest absolute Gasteiger partial charge is 0.0292 e. The summed E-state index contributed by atoms with van der Waals surface area (Å²) >= 11 is 1.88. The summed E-state index contributed by atoms with van der Waals surface area (Å²) < 4.78 is 0. The largest absolute Gasteiger partial charge is 0.310 e. The first-order chi connectivity index (χ1) is 7.77. The van der Waals surface area contributed by atoms with Gasteiger partial charge < -0.3 is 5.32 Å². The lowest BCUT2D eigenvalue weighted by Crippen LogP contribution is -2.17. The molecule has 0 saturated carbocycles. The molecule has 1 unspecified atom stereocenters. The van der Waals surface area contributed by atoms with Gasteiger partial charge in [0.05, 0.1) is 0 Å². The van der Waals surface area contributed by atoms with Crippen LogP contribution in [0.15, 0.2) is 41.3 Å². The van der Waals surface area contributed by atoms with Gasteiger partial charge in [0, 0.05) is 16.7 Å². The van der Waals surface area contributed by atoms with Crippen LogP contribution in [0.2, 0.25) is 0 Å². The van der Waals surface area contributed by atoms with E-state index in [2.05, 4.69) is 62.5 Å². The third kappa shape index (κ3) is 4.42. The van der Waals surface area contributed by atoms with Crippen molar-refractivity contribution < 1.29 is 0 Å². The lowest BCUT2D eigenvalue weighted by molar-refractivity contribution is 0.597. The monoisotopic (exact) mass is 235 g/mol. The van der Waals surface area contributed by atoms with Crippen LogP contribution in [-0.4, -0.2) is 12.3 Å². The fraction of sp³-hybridized carbons (Fsp3) is 0.429. The molecule has 1 aromatic rings. The molecule has 0 heterocycles. The first-order valence-electron chi connectivity index (χ1n) is 5.85. The number of nitrogens with one attached hydrogen (secondary N) is 1. The highest BCUT2D eigenvalue weighted by Gasteiger charge is 2.03. The summed E-state index contributed by atoms with van der Waals surface area (Å²) in [5.41, 5.74) is 1.37. The summed E-state index contributed by atoms with van der Waals surface area (Å²) in [5.74, 6) is 1.05. The first-order valence-corrected chi connectivity index (χ1v) is 6.83. The maximum Gasteiger partial charge on any atom is 0.0292 e. The molecule has 0 fully saturated rings. The van der Waals surface area contributed by atoms with Crippen molar-refractivity contribution in [3.63, 3.8) is 0 Å². The molecule has 1 rings (SSSR count). The molecule has 2 heteroatoms. The quantitative estimate of drug-likeness (QED) is 0.590. The number of allylic oxidation sites excluding steroid dienone is 1. The summed E-state index contributed by atoms with van der Waals surface area (Å²) in [5, 5.41) is 3.43.